The highest BCUT2D eigenvalue weighted by Gasteiger charge is 2.09. The highest BCUT2D eigenvalue weighted by Crippen LogP contribution is 2.24. The van der Waals surface area contributed by atoms with E-state index in [9.17, 15) is 4.79 Å². The minimum Gasteiger partial charge on any atom is -0.497 e. The van der Waals surface area contributed by atoms with Crippen LogP contribution in [0.5, 0.6) is 5.75 Å². The van der Waals surface area contributed by atoms with E-state index in [1.165, 1.54) is 0 Å². The predicted molar refractivity (Wildman–Crippen MR) is 71.0 cm³/mol. The van der Waals surface area contributed by atoms with Crippen molar-refractivity contribution in [1.82, 2.24) is 0 Å². The Kier molecular flexibility index (Phi) is 2.33. The number of methoxy groups -OCH3 is 1. The molecule has 18 heavy (non-hydrogen) atoms. The first-order chi connectivity index (χ1) is 8.70. The molecule has 0 spiro atoms. The summed E-state index contributed by atoms with van der Waals surface area (Å²) < 4.78 is 10.9. The van der Waals surface area contributed by atoms with Crippen LogP contribution < -0.4 is 10.2 Å². The quantitative estimate of drug-likeness (QED) is 0.612. The molecule has 0 fully saturated rings. The molecule has 0 aliphatic rings. The summed E-state index contributed by atoms with van der Waals surface area (Å²) in [4.78, 5) is 12.3. The number of benzene rings is 2. The average molecular weight is 239 g/mol. The van der Waals surface area contributed by atoms with E-state index in [1.54, 1.807) is 37.4 Å². The van der Waals surface area contributed by atoms with Gasteiger partial charge in [0, 0.05) is 6.07 Å². The molecular weight excluding hydrogens is 228 g/mol. The second kappa shape index (κ2) is 3.88. The van der Waals surface area contributed by atoms with Crippen molar-refractivity contribution in [3.63, 3.8) is 0 Å². The molecule has 0 aliphatic carbocycles. The summed E-state index contributed by atoms with van der Waals surface area (Å²) in [5.41, 5.74) is 1.71. The lowest BCUT2D eigenvalue weighted by Crippen LogP contribution is -2.02. The van der Waals surface area contributed by atoms with Gasteiger partial charge in [-0.25, -0.2) is 0 Å². The van der Waals surface area contributed by atoms with Crippen LogP contribution in [-0.4, -0.2) is 7.11 Å². The van der Waals surface area contributed by atoms with Gasteiger partial charge in [0.15, 0.2) is 0 Å². The Morgan fingerprint density at radius 3 is 2.78 bits per heavy atom. The largest absolute Gasteiger partial charge is 0.497 e. The van der Waals surface area contributed by atoms with Crippen LogP contribution >= 0.6 is 0 Å². The van der Waals surface area contributed by atoms with Crippen LogP contribution in [0, 0.1) is 6.92 Å². The fourth-order valence-corrected chi connectivity index (χ4v) is 2.04. The predicted octanol–water partition coefficient (Wildman–Crippen LogP) is 3.14. The summed E-state index contributed by atoms with van der Waals surface area (Å²) in [5, 5.41) is 1.11. The Bertz CT molecular complexity index is 800. The molecule has 0 N–H and O–H groups in total. The first-order valence-corrected chi connectivity index (χ1v) is 5.56. The Labute approximate surface area is 104 Å². The summed E-state index contributed by atoms with van der Waals surface area (Å²) in [6.45, 7) is 3.88. The molecule has 1 heterocycles. The molecule has 0 saturated carbocycles. The molecular formula is C15H11O3. The van der Waals surface area contributed by atoms with Gasteiger partial charge in [0.2, 0.25) is 5.43 Å². The van der Waals surface area contributed by atoms with E-state index in [0.717, 1.165) is 0 Å². The zero-order valence-corrected chi connectivity index (χ0v) is 9.90. The lowest BCUT2D eigenvalue weighted by atomic mass is 10.1. The molecule has 3 aromatic rings. The van der Waals surface area contributed by atoms with Crippen molar-refractivity contribution < 1.29 is 9.15 Å². The Morgan fingerprint density at radius 1 is 1.17 bits per heavy atom. The topological polar surface area (TPSA) is 39.4 Å². The molecule has 1 aromatic heterocycles. The molecule has 3 nitrogen and oxygen atoms in total. The highest BCUT2D eigenvalue weighted by atomic mass is 16.5. The van der Waals surface area contributed by atoms with Crippen LogP contribution in [0.15, 0.2) is 45.6 Å². The van der Waals surface area contributed by atoms with E-state index < -0.39 is 0 Å². The fourth-order valence-electron chi connectivity index (χ4n) is 2.04. The first-order valence-electron chi connectivity index (χ1n) is 5.56. The summed E-state index contributed by atoms with van der Waals surface area (Å²) in [6, 6.07) is 10.5. The van der Waals surface area contributed by atoms with Crippen molar-refractivity contribution in [1.29, 1.82) is 0 Å². The van der Waals surface area contributed by atoms with Crippen LogP contribution in [0.4, 0.5) is 0 Å². The van der Waals surface area contributed by atoms with Crippen molar-refractivity contribution in [2.45, 2.75) is 0 Å². The van der Waals surface area contributed by atoms with E-state index in [2.05, 4.69) is 6.92 Å². The van der Waals surface area contributed by atoms with Gasteiger partial charge >= 0.3 is 0 Å². The van der Waals surface area contributed by atoms with Crippen LogP contribution in [0.3, 0.4) is 0 Å². The Balaban J connectivity index is 2.53. The normalized spacial score (nSPS) is 11.0. The number of fused-ring (bicyclic) bond motifs is 2. The third kappa shape index (κ3) is 1.48. The molecule has 3 heteroatoms. The maximum absolute atomic E-state index is 12.3. The van der Waals surface area contributed by atoms with Gasteiger partial charge in [0.1, 0.15) is 16.9 Å². The molecule has 0 amide bonds. The Hall–Kier alpha value is -2.29. The summed E-state index contributed by atoms with van der Waals surface area (Å²) in [7, 11) is 1.58. The molecule has 0 atom stereocenters. The zero-order chi connectivity index (χ0) is 12.7. The molecule has 0 saturated heterocycles. The van der Waals surface area contributed by atoms with E-state index >= 15 is 0 Å². The van der Waals surface area contributed by atoms with Gasteiger partial charge in [-0.3, -0.25) is 4.79 Å². The summed E-state index contributed by atoms with van der Waals surface area (Å²) in [6.07, 6.45) is 0. The number of hydrogen-bond acceptors (Lipinski definition) is 3. The van der Waals surface area contributed by atoms with Crippen molar-refractivity contribution in [3.05, 3.63) is 59.1 Å². The van der Waals surface area contributed by atoms with E-state index in [1.807, 2.05) is 6.07 Å². The van der Waals surface area contributed by atoms with E-state index in [-0.39, 0.29) is 5.43 Å². The second-order valence-corrected chi connectivity index (χ2v) is 4.09. The minimum absolute atomic E-state index is 0.0422. The van der Waals surface area contributed by atoms with Crippen molar-refractivity contribution in [2.24, 2.45) is 0 Å². The van der Waals surface area contributed by atoms with Crippen molar-refractivity contribution in [2.75, 3.05) is 7.11 Å². The monoisotopic (exact) mass is 239 g/mol. The van der Waals surface area contributed by atoms with Crippen molar-refractivity contribution >= 4 is 21.9 Å². The maximum atomic E-state index is 12.3. The maximum Gasteiger partial charge on any atom is 0.200 e. The van der Waals surface area contributed by atoms with Gasteiger partial charge in [-0.15, -0.1) is 0 Å². The number of para-hydroxylation sites is 1. The van der Waals surface area contributed by atoms with Gasteiger partial charge in [0.25, 0.3) is 0 Å². The van der Waals surface area contributed by atoms with Gasteiger partial charge in [-0.1, -0.05) is 12.1 Å². The SMILES string of the molecule is [CH2]c1cccc2c(=O)c3ccc(OC)cc3oc12. The fraction of sp³-hybridized carbons (Fsp3) is 0.0667. The molecule has 3 rings (SSSR count). The van der Waals surface area contributed by atoms with Crippen LogP contribution in [-0.2, 0) is 0 Å². The lowest BCUT2D eigenvalue weighted by Gasteiger charge is -2.05. The van der Waals surface area contributed by atoms with E-state index in [4.69, 9.17) is 9.15 Å². The van der Waals surface area contributed by atoms with Gasteiger partial charge in [0.05, 0.1) is 17.9 Å². The molecule has 0 bridgehead atoms. The number of hydrogen-bond donors (Lipinski definition) is 0. The van der Waals surface area contributed by atoms with Gasteiger partial charge in [-0.2, -0.15) is 0 Å². The van der Waals surface area contributed by atoms with Crippen LogP contribution in [0.25, 0.3) is 21.9 Å². The summed E-state index contributed by atoms with van der Waals surface area (Å²) in [5.74, 6) is 0.659. The number of ether oxygens (including phenoxy) is 1. The zero-order valence-electron chi connectivity index (χ0n) is 9.90. The smallest absolute Gasteiger partial charge is 0.200 e. The highest BCUT2D eigenvalue weighted by molar-refractivity contribution is 5.91. The molecule has 2 aromatic carbocycles. The molecule has 0 aliphatic heterocycles. The number of rotatable bonds is 1. The van der Waals surface area contributed by atoms with Crippen LogP contribution in [0.2, 0.25) is 0 Å². The second-order valence-electron chi connectivity index (χ2n) is 4.09. The van der Waals surface area contributed by atoms with Gasteiger partial charge in [-0.05, 0) is 30.7 Å². The average Bonchev–Trinajstić information content (AvgIpc) is 2.40. The lowest BCUT2D eigenvalue weighted by molar-refractivity contribution is 0.414. The minimum atomic E-state index is -0.0422. The molecule has 89 valence electrons. The van der Waals surface area contributed by atoms with Crippen LogP contribution in [0.1, 0.15) is 5.56 Å². The third-order valence-electron chi connectivity index (χ3n) is 2.99. The van der Waals surface area contributed by atoms with Crippen molar-refractivity contribution in [3.8, 4) is 5.75 Å². The standard InChI is InChI=1S/C15H11O3/c1-9-4-3-5-12-14(16)11-7-6-10(17-2)8-13(11)18-15(9)12/h3-8H,1H2,2H3. The summed E-state index contributed by atoms with van der Waals surface area (Å²) >= 11 is 0. The first kappa shape index (κ1) is 10.8. The van der Waals surface area contributed by atoms with Gasteiger partial charge < -0.3 is 9.15 Å². The van der Waals surface area contributed by atoms with E-state index in [0.29, 0.717) is 33.3 Å². The molecule has 0 unspecified atom stereocenters. The Morgan fingerprint density at radius 2 is 2.00 bits per heavy atom. The third-order valence-corrected chi connectivity index (χ3v) is 2.99. The molecule has 1 radical (unpaired) electrons.